The number of carbonyl (C=O) groups excluding carboxylic acids is 1. The van der Waals surface area contributed by atoms with Crippen molar-refractivity contribution in [1.82, 2.24) is 5.43 Å². The molecule has 0 aromatic heterocycles. The number of rotatable bonds is 6. The van der Waals surface area contributed by atoms with Gasteiger partial charge in [-0.05, 0) is 49.2 Å². The minimum atomic E-state index is -0.263. The number of ether oxygens (including phenoxy) is 1. The van der Waals surface area contributed by atoms with E-state index in [-0.39, 0.29) is 5.91 Å². The molecular formula is C19H20N2O2. The van der Waals surface area contributed by atoms with Crippen LogP contribution in [0.25, 0.3) is 0 Å². The molecule has 0 fully saturated rings. The van der Waals surface area contributed by atoms with Crippen LogP contribution < -0.4 is 10.2 Å². The van der Waals surface area contributed by atoms with Gasteiger partial charge in [0.25, 0.3) is 5.91 Å². The van der Waals surface area contributed by atoms with E-state index in [1.807, 2.05) is 26.0 Å². The summed E-state index contributed by atoms with van der Waals surface area (Å²) >= 11 is 0. The third kappa shape index (κ3) is 4.81. The highest BCUT2D eigenvalue weighted by Crippen LogP contribution is 2.12. The molecule has 2 rings (SSSR count). The molecule has 0 heterocycles. The fourth-order valence-corrected chi connectivity index (χ4v) is 2.05. The number of carbonyl (C=O) groups is 1. The molecule has 0 radical (unpaired) electrons. The first-order valence-electron chi connectivity index (χ1n) is 7.34. The first kappa shape index (κ1) is 16.5. The van der Waals surface area contributed by atoms with Gasteiger partial charge in [-0.15, -0.1) is 0 Å². The Morgan fingerprint density at radius 3 is 2.61 bits per heavy atom. The molecule has 4 heteroatoms. The Balaban J connectivity index is 1.96. The number of nitrogens with zero attached hydrogens (tertiary/aromatic N) is 1. The van der Waals surface area contributed by atoms with Crippen molar-refractivity contribution in [1.29, 1.82) is 0 Å². The summed E-state index contributed by atoms with van der Waals surface area (Å²) in [5, 5.41) is 4.01. The third-order valence-electron chi connectivity index (χ3n) is 3.28. The molecule has 0 aliphatic heterocycles. The zero-order valence-corrected chi connectivity index (χ0v) is 13.4. The number of hydrogen-bond acceptors (Lipinski definition) is 3. The summed E-state index contributed by atoms with van der Waals surface area (Å²) in [6, 6.07) is 12.9. The molecule has 0 aliphatic carbocycles. The lowest BCUT2D eigenvalue weighted by atomic mass is 10.1. The number of hydrazone groups is 1. The van der Waals surface area contributed by atoms with Crippen LogP contribution in [0.4, 0.5) is 0 Å². The third-order valence-corrected chi connectivity index (χ3v) is 3.28. The van der Waals surface area contributed by atoms with Crippen molar-refractivity contribution >= 4 is 12.1 Å². The SMILES string of the molecule is C=CCOc1ccc(C(=O)N/N=C/c2ccc(C)cc2C)cc1. The number of benzene rings is 2. The average molecular weight is 308 g/mol. The van der Waals surface area contributed by atoms with E-state index in [0.717, 1.165) is 11.1 Å². The van der Waals surface area contributed by atoms with Crippen LogP contribution in [0.2, 0.25) is 0 Å². The Morgan fingerprint density at radius 1 is 1.22 bits per heavy atom. The molecule has 118 valence electrons. The lowest BCUT2D eigenvalue weighted by Crippen LogP contribution is -2.17. The second-order valence-corrected chi connectivity index (χ2v) is 5.18. The standard InChI is InChI=1S/C19H20N2O2/c1-4-11-23-18-9-7-16(8-10-18)19(22)21-20-13-17-6-5-14(2)12-15(17)3/h4-10,12-13H,1,11H2,2-3H3,(H,21,22)/b20-13+. The summed E-state index contributed by atoms with van der Waals surface area (Å²) in [5.41, 5.74) is 6.34. The van der Waals surface area contributed by atoms with Crippen molar-refractivity contribution < 1.29 is 9.53 Å². The summed E-state index contributed by atoms with van der Waals surface area (Å²) in [4.78, 5) is 12.0. The minimum absolute atomic E-state index is 0.263. The van der Waals surface area contributed by atoms with Gasteiger partial charge in [-0.2, -0.15) is 5.10 Å². The van der Waals surface area contributed by atoms with Crippen molar-refractivity contribution in [2.24, 2.45) is 5.10 Å². The molecule has 1 amide bonds. The van der Waals surface area contributed by atoms with E-state index in [1.54, 1.807) is 36.6 Å². The molecule has 0 aliphatic rings. The topological polar surface area (TPSA) is 50.7 Å². The van der Waals surface area contributed by atoms with Gasteiger partial charge in [0.1, 0.15) is 12.4 Å². The number of nitrogens with one attached hydrogen (secondary N) is 1. The van der Waals surface area contributed by atoms with Gasteiger partial charge in [-0.25, -0.2) is 5.43 Å². The zero-order chi connectivity index (χ0) is 16.7. The van der Waals surface area contributed by atoms with Crippen LogP contribution in [-0.2, 0) is 0 Å². The maximum absolute atomic E-state index is 12.0. The Bertz CT molecular complexity index is 719. The summed E-state index contributed by atoms with van der Waals surface area (Å²) in [7, 11) is 0. The summed E-state index contributed by atoms with van der Waals surface area (Å²) in [6.07, 6.45) is 3.32. The largest absolute Gasteiger partial charge is 0.490 e. The molecule has 0 unspecified atom stereocenters. The Kier molecular flexibility index (Phi) is 5.69. The zero-order valence-electron chi connectivity index (χ0n) is 13.4. The van der Waals surface area contributed by atoms with Gasteiger partial charge in [-0.1, -0.05) is 36.4 Å². The average Bonchev–Trinajstić information content (AvgIpc) is 2.55. The lowest BCUT2D eigenvalue weighted by Gasteiger charge is -2.04. The molecule has 0 spiro atoms. The highest BCUT2D eigenvalue weighted by atomic mass is 16.5. The van der Waals surface area contributed by atoms with Crippen molar-refractivity contribution in [2.45, 2.75) is 13.8 Å². The van der Waals surface area contributed by atoms with Gasteiger partial charge in [0, 0.05) is 5.56 Å². The molecule has 4 nitrogen and oxygen atoms in total. The number of hydrogen-bond donors (Lipinski definition) is 1. The van der Waals surface area contributed by atoms with Gasteiger partial charge < -0.3 is 4.74 Å². The molecular weight excluding hydrogens is 288 g/mol. The van der Waals surface area contributed by atoms with E-state index in [4.69, 9.17) is 4.74 Å². The molecule has 1 N–H and O–H groups in total. The Hall–Kier alpha value is -2.88. The second kappa shape index (κ2) is 7.94. The van der Waals surface area contributed by atoms with Gasteiger partial charge in [0.05, 0.1) is 6.21 Å². The second-order valence-electron chi connectivity index (χ2n) is 5.18. The number of amides is 1. The van der Waals surface area contributed by atoms with Gasteiger partial charge in [0.15, 0.2) is 0 Å². The summed E-state index contributed by atoms with van der Waals surface area (Å²) < 4.78 is 5.37. The van der Waals surface area contributed by atoms with Gasteiger partial charge in [-0.3, -0.25) is 4.79 Å². The molecule has 23 heavy (non-hydrogen) atoms. The van der Waals surface area contributed by atoms with E-state index in [2.05, 4.69) is 23.2 Å². The molecule has 2 aromatic carbocycles. The highest BCUT2D eigenvalue weighted by Gasteiger charge is 2.04. The molecule has 0 saturated carbocycles. The van der Waals surface area contributed by atoms with Crippen molar-refractivity contribution in [2.75, 3.05) is 6.61 Å². The predicted octanol–water partition coefficient (Wildman–Crippen LogP) is 3.63. The van der Waals surface area contributed by atoms with Crippen molar-refractivity contribution in [3.05, 3.63) is 77.4 Å². The van der Waals surface area contributed by atoms with Crippen LogP contribution in [0, 0.1) is 13.8 Å². The van der Waals surface area contributed by atoms with Crippen molar-refractivity contribution in [3.63, 3.8) is 0 Å². The first-order valence-corrected chi connectivity index (χ1v) is 7.34. The molecule has 2 aromatic rings. The van der Waals surface area contributed by atoms with Gasteiger partial charge in [0.2, 0.25) is 0 Å². The van der Waals surface area contributed by atoms with Crippen LogP contribution in [-0.4, -0.2) is 18.7 Å². The molecule has 0 bridgehead atoms. The fraction of sp³-hybridized carbons (Fsp3) is 0.158. The quantitative estimate of drug-likeness (QED) is 0.503. The van der Waals surface area contributed by atoms with E-state index in [0.29, 0.717) is 17.9 Å². The molecule has 0 atom stereocenters. The molecule has 0 saturated heterocycles. The van der Waals surface area contributed by atoms with E-state index in [9.17, 15) is 4.79 Å². The Morgan fingerprint density at radius 2 is 1.96 bits per heavy atom. The lowest BCUT2D eigenvalue weighted by molar-refractivity contribution is 0.0955. The van der Waals surface area contributed by atoms with Crippen LogP contribution in [0.3, 0.4) is 0 Å². The van der Waals surface area contributed by atoms with Crippen LogP contribution >= 0.6 is 0 Å². The van der Waals surface area contributed by atoms with Crippen LogP contribution in [0.1, 0.15) is 27.0 Å². The smallest absolute Gasteiger partial charge is 0.271 e. The highest BCUT2D eigenvalue weighted by molar-refractivity contribution is 5.95. The maximum atomic E-state index is 12.0. The summed E-state index contributed by atoms with van der Waals surface area (Å²) in [5.74, 6) is 0.432. The van der Waals surface area contributed by atoms with Crippen LogP contribution in [0.15, 0.2) is 60.2 Å². The van der Waals surface area contributed by atoms with E-state index < -0.39 is 0 Å². The minimum Gasteiger partial charge on any atom is -0.490 e. The Labute approximate surface area is 136 Å². The first-order chi connectivity index (χ1) is 11.1. The van der Waals surface area contributed by atoms with Gasteiger partial charge >= 0.3 is 0 Å². The predicted molar refractivity (Wildman–Crippen MR) is 93.1 cm³/mol. The van der Waals surface area contributed by atoms with E-state index in [1.165, 1.54) is 5.56 Å². The van der Waals surface area contributed by atoms with Crippen molar-refractivity contribution in [3.8, 4) is 5.75 Å². The maximum Gasteiger partial charge on any atom is 0.271 e. The number of aryl methyl sites for hydroxylation is 2. The fourth-order valence-electron chi connectivity index (χ4n) is 2.05. The van der Waals surface area contributed by atoms with Crippen LogP contribution in [0.5, 0.6) is 5.75 Å². The summed E-state index contributed by atoms with van der Waals surface area (Å²) in [6.45, 7) is 8.07. The van der Waals surface area contributed by atoms with E-state index >= 15 is 0 Å². The normalized spacial score (nSPS) is 10.5. The monoisotopic (exact) mass is 308 g/mol.